The Morgan fingerprint density at radius 3 is 2.78 bits per heavy atom. The van der Waals surface area contributed by atoms with E-state index in [0.717, 1.165) is 30.2 Å². The van der Waals surface area contributed by atoms with Gasteiger partial charge in [0.15, 0.2) is 0 Å². The molecule has 1 heterocycles. The monoisotopic (exact) mass is 369 g/mol. The Morgan fingerprint density at radius 1 is 1.13 bits per heavy atom. The summed E-state index contributed by atoms with van der Waals surface area (Å²) in [6, 6.07) is 17.6. The number of amides is 1. The normalized spacial score (nSPS) is 26.1. The topological polar surface area (TPSA) is 29.1 Å². The summed E-state index contributed by atoms with van der Waals surface area (Å²) in [7, 11) is 0. The third kappa shape index (κ3) is 2.61. The first-order chi connectivity index (χ1) is 11.2. The van der Waals surface area contributed by atoms with Crippen molar-refractivity contribution < 1.29 is 4.79 Å². The van der Waals surface area contributed by atoms with Gasteiger partial charge < -0.3 is 5.32 Å². The van der Waals surface area contributed by atoms with E-state index in [1.165, 1.54) is 16.7 Å². The number of hydrogen-bond acceptors (Lipinski definition) is 1. The molecule has 0 spiro atoms. The second kappa shape index (κ2) is 5.79. The van der Waals surface area contributed by atoms with Crippen molar-refractivity contribution in [3.05, 3.63) is 69.7 Å². The zero-order valence-corrected chi connectivity index (χ0v) is 14.6. The number of fused-ring (bicyclic) bond motifs is 3. The fraction of sp³-hybridized carbons (Fsp3) is 0.350. The number of carbonyl (C=O) groups is 1. The second-order valence-electron chi connectivity index (χ2n) is 6.78. The number of piperidine rings is 1. The van der Waals surface area contributed by atoms with E-state index in [-0.39, 0.29) is 17.4 Å². The van der Waals surface area contributed by atoms with Gasteiger partial charge in [-0.15, -0.1) is 0 Å². The highest BCUT2D eigenvalue weighted by molar-refractivity contribution is 9.10. The largest absolute Gasteiger partial charge is 0.352 e. The van der Waals surface area contributed by atoms with E-state index in [2.05, 4.69) is 69.8 Å². The average Bonchev–Trinajstić information content (AvgIpc) is 2.56. The molecule has 0 bridgehead atoms. The summed E-state index contributed by atoms with van der Waals surface area (Å²) in [5, 5.41) is 3.28. The average molecular weight is 370 g/mol. The van der Waals surface area contributed by atoms with E-state index in [0.29, 0.717) is 6.42 Å². The maximum absolute atomic E-state index is 12.0. The molecule has 3 heteroatoms. The molecule has 0 radical (unpaired) electrons. The van der Waals surface area contributed by atoms with E-state index >= 15 is 0 Å². The summed E-state index contributed by atoms with van der Waals surface area (Å²) >= 11 is 3.60. The van der Waals surface area contributed by atoms with Crippen molar-refractivity contribution in [2.75, 3.05) is 0 Å². The Balaban J connectivity index is 1.82. The van der Waals surface area contributed by atoms with Crippen LogP contribution < -0.4 is 5.32 Å². The zero-order chi connectivity index (χ0) is 15.9. The standard InChI is InChI=1S/C20H20BrNO/c21-16-7-8-17-15(12-16)6-9-18-20(17,11-10-19(23)22-18)13-14-4-2-1-3-5-14/h1-5,7-8,12,18H,6,9-11,13H2,(H,22,23)/t18-,20+/m1/s1. The van der Waals surface area contributed by atoms with Gasteiger partial charge >= 0.3 is 0 Å². The van der Waals surface area contributed by atoms with Gasteiger partial charge in [-0.3, -0.25) is 4.79 Å². The number of benzene rings is 2. The van der Waals surface area contributed by atoms with Gasteiger partial charge in [0.2, 0.25) is 5.91 Å². The number of rotatable bonds is 2. The molecule has 2 aliphatic rings. The van der Waals surface area contributed by atoms with Gasteiger partial charge in [0, 0.05) is 22.4 Å². The molecule has 1 amide bonds. The third-order valence-corrected chi connectivity index (χ3v) is 5.96. The fourth-order valence-electron chi connectivity index (χ4n) is 4.41. The molecule has 4 rings (SSSR count). The molecule has 0 unspecified atom stereocenters. The lowest BCUT2D eigenvalue weighted by atomic mass is 9.60. The first kappa shape index (κ1) is 14.9. The van der Waals surface area contributed by atoms with Crippen molar-refractivity contribution in [2.45, 2.75) is 43.6 Å². The minimum atomic E-state index is 0.0313. The molecule has 23 heavy (non-hydrogen) atoms. The Bertz CT molecular complexity index is 743. The summed E-state index contributed by atoms with van der Waals surface area (Å²) < 4.78 is 1.14. The number of nitrogens with one attached hydrogen (secondary N) is 1. The van der Waals surface area contributed by atoms with Crippen LogP contribution in [0.15, 0.2) is 53.0 Å². The predicted molar refractivity (Wildman–Crippen MR) is 95.5 cm³/mol. The highest BCUT2D eigenvalue weighted by Gasteiger charge is 2.47. The van der Waals surface area contributed by atoms with Crippen molar-refractivity contribution in [1.82, 2.24) is 5.32 Å². The highest BCUT2D eigenvalue weighted by atomic mass is 79.9. The number of aryl methyl sites for hydroxylation is 1. The van der Waals surface area contributed by atoms with Crippen LogP contribution in [0.2, 0.25) is 0 Å². The zero-order valence-electron chi connectivity index (χ0n) is 13.0. The third-order valence-electron chi connectivity index (χ3n) is 5.47. The van der Waals surface area contributed by atoms with Crippen molar-refractivity contribution in [2.24, 2.45) is 0 Å². The smallest absolute Gasteiger partial charge is 0.220 e. The van der Waals surface area contributed by atoms with Crippen LogP contribution in [0.4, 0.5) is 0 Å². The summed E-state index contributed by atoms with van der Waals surface area (Å²) in [4.78, 5) is 12.0. The molecule has 1 aliphatic heterocycles. The quantitative estimate of drug-likeness (QED) is 0.845. The predicted octanol–water partition coefficient (Wildman–Crippen LogP) is 4.15. The van der Waals surface area contributed by atoms with E-state index < -0.39 is 0 Å². The van der Waals surface area contributed by atoms with Crippen LogP contribution in [0, 0.1) is 0 Å². The fourth-order valence-corrected chi connectivity index (χ4v) is 4.82. The van der Waals surface area contributed by atoms with Gasteiger partial charge in [0.25, 0.3) is 0 Å². The van der Waals surface area contributed by atoms with E-state index in [1.807, 2.05) is 0 Å². The summed E-state index contributed by atoms with van der Waals surface area (Å²) in [5.41, 5.74) is 4.25. The maximum Gasteiger partial charge on any atom is 0.220 e. The Hall–Kier alpha value is -1.61. The van der Waals surface area contributed by atoms with Crippen molar-refractivity contribution in [3.63, 3.8) is 0 Å². The van der Waals surface area contributed by atoms with Crippen LogP contribution in [-0.2, 0) is 23.1 Å². The molecule has 2 atom stereocenters. The van der Waals surface area contributed by atoms with Crippen molar-refractivity contribution in [3.8, 4) is 0 Å². The second-order valence-corrected chi connectivity index (χ2v) is 7.69. The first-order valence-corrected chi connectivity index (χ1v) is 9.09. The molecule has 118 valence electrons. The van der Waals surface area contributed by atoms with Crippen LogP contribution in [0.25, 0.3) is 0 Å². The summed E-state index contributed by atoms with van der Waals surface area (Å²) in [6.45, 7) is 0. The molecule has 1 N–H and O–H groups in total. The van der Waals surface area contributed by atoms with Crippen LogP contribution >= 0.6 is 15.9 Å². The SMILES string of the molecule is O=C1CC[C@]2(Cc3ccccc3)c3ccc(Br)cc3CC[C@H]2N1. The van der Waals surface area contributed by atoms with Crippen molar-refractivity contribution in [1.29, 1.82) is 0 Å². The minimum absolute atomic E-state index is 0.0313. The van der Waals surface area contributed by atoms with E-state index in [4.69, 9.17) is 0 Å². The van der Waals surface area contributed by atoms with Gasteiger partial charge in [0.1, 0.15) is 0 Å². The van der Waals surface area contributed by atoms with Gasteiger partial charge in [0.05, 0.1) is 0 Å². The number of halogens is 1. The van der Waals surface area contributed by atoms with Crippen LogP contribution in [0.5, 0.6) is 0 Å². The molecule has 0 saturated carbocycles. The first-order valence-electron chi connectivity index (χ1n) is 8.30. The van der Waals surface area contributed by atoms with E-state index in [9.17, 15) is 4.79 Å². The molecular weight excluding hydrogens is 350 g/mol. The number of hydrogen-bond donors (Lipinski definition) is 1. The van der Waals surface area contributed by atoms with Gasteiger partial charge in [-0.25, -0.2) is 0 Å². The molecule has 2 nitrogen and oxygen atoms in total. The molecular formula is C20H20BrNO. The van der Waals surface area contributed by atoms with Gasteiger partial charge in [-0.2, -0.15) is 0 Å². The summed E-state index contributed by atoms with van der Waals surface area (Å²) in [5.74, 6) is 0.208. The molecule has 0 aromatic heterocycles. The summed E-state index contributed by atoms with van der Waals surface area (Å²) in [6.07, 6.45) is 4.62. The van der Waals surface area contributed by atoms with Crippen LogP contribution in [0.1, 0.15) is 36.0 Å². The molecule has 1 saturated heterocycles. The van der Waals surface area contributed by atoms with Gasteiger partial charge in [-0.1, -0.05) is 52.3 Å². The molecule has 1 aliphatic carbocycles. The molecule has 2 aromatic carbocycles. The van der Waals surface area contributed by atoms with E-state index in [1.54, 1.807) is 0 Å². The molecule has 1 fully saturated rings. The maximum atomic E-state index is 12.0. The van der Waals surface area contributed by atoms with Crippen LogP contribution in [0.3, 0.4) is 0 Å². The lowest BCUT2D eigenvalue weighted by Gasteiger charge is -2.49. The Kier molecular flexibility index (Phi) is 3.76. The van der Waals surface area contributed by atoms with Crippen LogP contribution in [-0.4, -0.2) is 11.9 Å². The Morgan fingerprint density at radius 2 is 1.96 bits per heavy atom. The molecule has 2 aromatic rings. The number of carbonyl (C=O) groups excluding carboxylic acids is 1. The highest BCUT2D eigenvalue weighted by Crippen LogP contribution is 2.46. The van der Waals surface area contributed by atoms with Gasteiger partial charge in [-0.05, 0) is 54.5 Å². The lowest BCUT2D eigenvalue weighted by molar-refractivity contribution is -0.125. The minimum Gasteiger partial charge on any atom is -0.352 e. The lowest BCUT2D eigenvalue weighted by Crippen LogP contribution is -2.58. The van der Waals surface area contributed by atoms with Crippen molar-refractivity contribution >= 4 is 21.8 Å². The Labute approximate surface area is 145 Å².